The minimum atomic E-state index is -0.267. The van der Waals surface area contributed by atoms with Crippen molar-refractivity contribution in [3.63, 3.8) is 0 Å². The molecule has 1 aromatic heterocycles. The third-order valence-electron chi connectivity index (χ3n) is 2.83. The van der Waals surface area contributed by atoms with E-state index in [1.165, 1.54) is 0 Å². The van der Waals surface area contributed by atoms with E-state index in [1.54, 1.807) is 17.1 Å². The van der Waals surface area contributed by atoms with Crippen LogP contribution in [0.15, 0.2) is 18.5 Å². The Labute approximate surface area is 94.8 Å². The van der Waals surface area contributed by atoms with E-state index in [-0.39, 0.29) is 18.1 Å². The monoisotopic (exact) mass is 223 g/mol. The average Bonchev–Trinajstić information content (AvgIpc) is 2.96. The van der Waals surface area contributed by atoms with Gasteiger partial charge in [-0.1, -0.05) is 0 Å². The smallest absolute Gasteiger partial charge is 0.244 e. The molecule has 16 heavy (non-hydrogen) atoms. The van der Waals surface area contributed by atoms with Crippen molar-refractivity contribution in [1.82, 2.24) is 15.1 Å². The second-order valence-electron chi connectivity index (χ2n) is 4.04. The van der Waals surface area contributed by atoms with Gasteiger partial charge in [-0.05, 0) is 25.8 Å². The fraction of sp³-hybridized carbons (Fsp3) is 0.636. The summed E-state index contributed by atoms with van der Waals surface area (Å²) in [5.41, 5.74) is 0. The minimum absolute atomic E-state index is 0.0146. The number of aromatic nitrogens is 2. The Bertz CT molecular complexity index is 331. The van der Waals surface area contributed by atoms with Gasteiger partial charge in [0.05, 0.1) is 6.10 Å². The molecule has 1 saturated heterocycles. The lowest BCUT2D eigenvalue weighted by molar-refractivity contribution is -0.124. The first-order valence-corrected chi connectivity index (χ1v) is 5.66. The van der Waals surface area contributed by atoms with Gasteiger partial charge >= 0.3 is 0 Å². The summed E-state index contributed by atoms with van der Waals surface area (Å²) in [6.07, 6.45) is 5.78. The van der Waals surface area contributed by atoms with Crippen molar-refractivity contribution >= 4 is 5.91 Å². The lowest BCUT2D eigenvalue weighted by Crippen LogP contribution is -2.36. The molecule has 0 bridgehead atoms. The van der Waals surface area contributed by atoms with Crippen molar-refractivity contribution in [2.75, 3.05) is 13.2 Å². The van der Waals surface area contributed by atoms with E-state index >= 15 is 0 Å². The molecule has 5 nitrogen and oxygen atoms in total. The van der Waals surface area contributed by atoms with Gasteiger partial charge in [-0.3, -0.25) is 9.48 Å². The molecule has 1 amide bonds. The largest absolute Gasteiger partial charge is 0.376 e. The van der Waals surface area contributed by atoms with E-state index in [2.05, 4.69) is 10.4 Å². The molecule has 88 valence electrons. The second kappa shape index (κ2) is 5.12. The average molecular weight is 223 g/mol. The first-order valence-electron chi connectivity index (χ1n) is 5.66. The Morgan fingerprint density at radius 3 is 3.25 bits per heavy atom. The fourth-order valence-electron chi connectivity index (χ4n) is 1.80. The van der Waals surface area contributed by atoms with Crippen molar-refractivity contribution in [3.8, 4) is 0 Å². The standard InChI is InChI=1S/C11H17N3O2/c1-9(14-6-3-5-13-14)11(15)12-8-10-4-2-7-16-10/h3,5-6,9-10H,2,4,7-8H2,1H3,(H,12,15)/t9-,10+/m1/s1. The maximum absolute atomic E-state index is 11.8. The second-order valence-corrected chi connectivity index (χ2v) is 4.04. The molecular weight excluding hydrogens is 206 g/mol. The number of nitrogens with one attached hydrogen (secondary N) is 1. The zero-order chi connectivity index (χ0) is 11.4. The number of hydrogen-bond acceptors (Lipinski definition) is 3. The highest BCUT2D eigenvalue weighted by atomic mass is 16.5. The number of nitrogens with zero attached hydrogens (tertiary/aromatic N) is 2. The molecule has 0 saturated carbocycles. The summed E-state index contributed by atoms with van der Waals surface area (Å²) in [6.45, 7) is 3.25. The summed E-state index contributed by atoms with van der Waals surface area (Å²) in [7, 11) is 0. The predicted molar refractivity (Wildman–Crippen MR) is 58.9 cm³/mol. The summed E-state index contributed by atoms with van der Waals surface area (Å²) < 4.78 is 7.08. The van der Waals surface area contributed by atoms with Crippen LogP contribution in [0.3, 0.4) is 0 Å². The van der Waals surface area contributed by atoms with E-state index in [9.17, 15) is 4.79 Å². The third kappa shape index (κ3) is 2.61. The first kappa shape index (κ1) is 11.1. The first-order chi connectivity index (χ1) is 7.77. The normalized spacial score (nSPS) is 21.9. The molecule has 1 N–H and O–H groups in total. The molecule has 0 unspecified atom stereocenters. The van der Waals surface area contributed by atoms with Crippen LogP contribution < -0.4 is 5.32 Å². The van der Waals surface area contributed by atoms with E-state index in [4.69, 9.17) is 4.74 Å². The Hall–Kier alpha value is -1.36. The van der Waals surface area contributed by atoms with E-state index < -0.39 is 0 Å². The van der Waals surface area contributed by atoms with E-state index in [0.717, 1.165) is 19.4 Å². The van der Waals surface area contributed by atoms with Crippen molar-refractivity contribution < 1.29 is 9.53 Å². The molecule has 0 radical (unpaired) electrons. The van der Waals surface area contributed by atoms with Crippen LogP contribution in [0, 0.1) is 0 Å². The van der Waals surface area contributed by atoms with Crippen LogP contribution in [-0.4, -0.2) is 34.9 Å². The summed E-state index contributed by atoms with van der Waals surface area (Å²) in [5, 5.41) is 6.93. The lowest BCUT2D eigenvalue weighted by Gasteiger charge is -2.15. The lowest BCUT2D eigenvalue weighted by atomic mass is 10.2. The van der Waals surface area contributed by atoms with Crippen LogP contribution in [-0.2, 0) is 9.53 Å². The van der Waals surface area contributed by atoms with Crippen LogP contribution in [0.25, 0.3) is 0 Å². The topological polar surface area (TPSA) is 56.1 Å². The molecule has 0 aromatic carbocycles. The van der Waals surface area contributed by atoms with Crippen LogP contribution in [0.5, 0.6) is 0 Å². The van der Waals surface area contributed by atoms with Gasteiger partial charge in [-0.2, -0.15) is 5.10 Å². The highest BCUT2D eigenvalue weighted by Gasteiger charge is 2.19. The van der Waals surface area contributed by atoms with Crippen molar-refractivity contribution in [2.45, 2.75) is 31.9 Å². The van der Waals surface area contributed by atoms with Gasteiger partial charge in [0.25, 0.3) is 0 Å². The van der Waals surface area contributed by atoms with E-state index in [1.807, 2.05) is 13.0 Å². The van der Waals surface area contributed by atoms with Gasteiger partial charge in [-0.15, -0.1) is 0 Å². The Morgan fingerprint density at radius 1 is 1.75 bits per heavy atom. The molecule has 2 atom stereocenters. The van der Waals surface area contributed by atoms with Gasteiger partial charge in [0.15, 0.2) is 0 Å². The van der Waals surface area contributed by atoms with Crippen molar-refractivity contribution in [1.29, 1.82) is 0 Å². The highest BCUT2D eigenvalue weighted by molar-refractivity contribution is 5.79. The number of carbonyl (C=O) groups excluding carboxylic acids is 1. The van der Waals surface area contributed by atoms with Gasteiger partial charge in [-0.25, -0.2) is 0 Å². The Morgan fingerprint density at radius 2 is 2.62 bits per heavy atom. The Kier molecular flexibility index (Phi) is 3.56. The maximum Gasteiger partial charge on any atom is 0.244 e. The zero-order valence-corrected chi connectivity index (χ0v) is 9.43. The summed E-state index contributed by atoms with van der Waals surface area (Å²) >= 11 is 0. The number of carbonyl (C=O) groups is 1. The maximum atomic E-state index is 11.8. The van der Waals surface area contributed by atoms with Crippen LogP contribution in [0.1, 0.15) is 25.8 Å². The molecule has 2 rings (SSSR count). The van der Waals surface area contributed by atoms with Gasteiger partial charge in [0.2, 0.25) is 5.91 Å². The molecule has 1 fully saturated rings. The predicted octanol–water partition coefficient (Wildman–Crippen LogP) is 0.739. The number of amides is 1. The van der Waals surface area contributed by atoms with Crippen molar-refractivity contribution in [3.05, 3.63) is 18.5 Å². The fourth-order valence-corrected chi connectivity index (χ4v) is 1.80. The number of ether oxygens (including phenoxy) is 1. The van der Waals surface area contributed by atoms with Crippen LogP contribution in [0.4, 0.5) is 0 Å². The molecule has 1 aliphatic heterocycles. The van der Waals surface area contributed by atoms with Crippen LogP contribution >= 0.6 is 0 Å². The van der Waals surface area contributed by atoms with Gasteiger partial charge < -0.3 is 10.1 Å². The molecular formula is C11H17N3O2. The molecule has 0 spiro atoms. The van der Waals surface area contributed by atoms with Gasteiger partial charge in [0, 0.05) is 25.5 Å². The molecule has 5 heteroatoms. The quantitative estimate of drug-likeness (QED) is 0.819. The van der Waals surface area contributed by atoms with E-state index in [0.29, 0.717) is 6.54 Å². The van der Waals surface area contributed by atoms with Crippen molar-refractivity contribution in [2.24, 2.45) is 0 Å². The molecule has 1 aromatic rings. The third-order valence-corrected chi connectivity index (χ3v) is 2.83. The SMILES string of the molecule is C[C@H](C(=O)NC[C@@H]1CCCO1)n1cccn1. The summed E-state index contributed by atoms with van der Waals surface area (Å²) in [5.74, 6) is -0.0146. The Balaban J connectivity index is 1.79. The minimum Gasteiger partial charge on any atom is -0.376 e. The molecule has 2 heterocycles. The molecule has 1 aliphatic rings. The highest BCUT2D eigenvalue weighted by Crippen LogP contribution is 2.11. The molecule has 0 aliphatic carbocycles. The number of hydrogen-bond donors (Lipinski definition) is 1. The zero-order valence-electron chi connectivity index (χ0n) is 9.43. The summed E-state index contributed by atoms with van der Waals surface area (Å²) in [4.78, 5) is 11.8. The number of rotatable bonds is 4. The van der Waals surface area contributed by atoms with Gasteiger partial charge in [0.1, 0.15) is 6.04 Å². The van der Waals surface area contributed by atoms with Crippen LogP contribution in [0.2, 0.25) is 0 Å². The summed E-state index contributed by atoms with van der Waals surface area (Å²) in [6, 6.07) is 1.54.